The SMILES string of the molecule is O=C(O)CCc1cccc2cc(Cl)ccc12. The predicted octanol–water partition coefficient (Wildman–Crippen LogP) is 3.51. The van der Waals surface area contributed by atoms with Gasteiger partial charge in [-0.1, -0.05) is 35.9 Å². The molecule has 0 saturated heterocycles. The Kier molecular flexibility index (Phi) is 3.11. The Morgan fingerprint density at radius 1 is 1.25 bits per heavy atom. The van der Waals surface area contributed by atoms with E-state index >= 15 is 0 Å². The van der Waals surface area contributed by atoms with Crippen molar-refractivity contribution in [3.8, 4) is 0 Å². The molecule has 2 aromatic carbocycles. The van der Waals surface area contributed by atoms with E-state index in [4.69, 9.17) is 16.7 Å². The first-order valence-electron chi connectivity index (χ1n) is 5.06. The van der Waals surface area contributed by atoms with Gasteiger partial charge in [-0.2, -0.15) is 0 Å². The van der Waals surface area contributed by atoms with E-state index in [1.807, 2.05) is 36.4 Å². The summed E-state index contributed by atoms with van der Waals surface area (Å²) in [7, 11) is 0. The van der Waals surface area contributed by atoms with Gasteiger partial charge in [0.25, 0.3) is 0 Å². The minimum absolute atomic E-state index is 0.155. The molecule has 0 unspecified atom stereocenters. The van der Waals surface area contributed by atoms with Gasteiger partial charge in [0.2, 0.25) is 0 Å². The Morgan fingerprint density at radius 3 is 2.81 bits per heavy atom. The fourth-order valence-electron chi connectivity index (χ4n) is 1.78. The van der Waals surface area contributed by atoms with E-state index in [1.165, 1.54) is 0 Å². The van der Waals surface area contributed by atoms with Crippen LogP contribution in [0.1, 0.15) is 12.0 Å². The quantitative estimate of drug-likeness (QED) is 0.883. The Bertz CT molecular complexity index is 534. The Hall–Kier alpha value is -1.54. The average molecular weight is 235 g/mol. The number of aryl methyl sites for hydroxylation is 1. The first-order chi connectivity index (χ1) is 7.66. The first-order valence-corrected chi connectivity index (χ1v) is 5.43. The summed E-state index contributed by atoms with van der Waals surface area (Å²) < 4.78 is 0. The summed E-state index contributed by atoms with van der Waals surface area (Å²) >= 11 is 5.90. The number of halogens is 1. The lowest BCUT2D eigenvalue weighted by molar-refractivity contribution is -0.136. The molecule has 0 aromatic heterocycles. The van der Waals surface area contributed by atoms with E-state index in [0.29, 0.717) is 11.4 Å². The molecule has 2 rings (SSSR count). The molecule has 3 heteroatoms. The van der Waals surface area contributed by atoms with Crippen LogP contribution in [0.15, 0.2) is 36.4 Å². The second-order valence-corrected chi connectivity index (χ2v) is 4.11. The highest BCUT2D eigenvalue weighted by Gasteiger charge is 2.03. The molecule has 0 spiro atoms. The summed E-state index contributed by atoms with van der Waals surface area (Å²) in [6, 6.07) is 11.5. The average Bonchev–Trinajstić information content (AvgIpc) is 2.25. The van der Waals surface area contributed by atoms with Crippen molar-refractivity contribution in [3.63, 3.8) is 0 Å². The topological polar surface area (TPSA) is 37.3 Å². The molecule has 0 fully saturated rings. The van der Waals surface area contributed by atoms with Crippen molar-refractivity contribution in [2.75, 3.05) is 0 Å². The number of hydrogen-bond donors (Lipinski definition) is 1. The number of carbonyl (C=O) groups is 1. The van der Waals surface area contributed by atoms with Crippen LogP contribution in [0.4, 0.5) is 0 Å². The van der Waals surface area contributed by atoms with Crippen LogP contribution >= 0.6 is 11.6 Å². The maximum absolute atomic E-state index is 10.5. The van der Waals surface area contributed by atoms with E-state index in [0.717, 1.165) is 16.3 Å². The monoisotopic (exact) mass is 234 g/mol. The summed E-state index contributed by atoms with van der Waals surface area (Å²) in [4.78, 5) is 10.5. The number of carboxylic acids is 1. The zero-order valence-electron chi connectivity index (χ0n) is 8.61. The molecule has 0 radical (unpaired) electrons. The second-order valence-electron chi connectivity index (χ2n) is 3.68. The fourth-order valence-corrected chi connectivity index (χ4v) is 1.96. The van der Waals surface area contributed by atoms with Crippen molar-refractivity contribution in [2.24, 2.45) is 0 Å². The summed E-state index contributed by atoms with van der Waals surface area (Å²) in [5.41, 5.74) is 1.05. The third-order valence-corrected chi connectivity index (χ3v) is 2.78. The molecule has 82 valence electrons. The Labute approximate surface area is 98.5 Å². The van der Waals surface area contributed by atoms with Crippen LogP contribution in [0.3, 0.4) is 0 Å². The van der Waals surface area contributed by atoms with Gasteiger partial charge in [-0.25, -0.2) is 0 Å². The molecule has 16 heavy (non-hydrogen) atoms. The van der Waals surface area contributed by atoms with Crippen molar-refractivity contribution in [3.05, 3.63) is 47.0 Å². The molecule has 0 atom stereocenters. The first kappa shape index (κ1) is 11.0. The molecule has 0 amide bonds. The number of rotatable bonds is 3. The Morgan fingerprint density at radius 2 is 2.06 bits per heavy atom. The Balaban J connectivity index is 2.41. The largest absolute Gasteiger partial charge is 0.481 e. The van der Waals surface area contributed by atoms with Gasteiger partial charge in [-0.15, -0.1) is 0 Å². The smallest absolute Gasteiger partial charge is 0.303 e. The van der Waals surface area contributed by atoms with Crippen molar-refractivity contribution in [2.45, 2.75) is 12.8 Å². The van der Waals surface area contributed by atoms with Crippen LogP contribution in [0.2, 0.25) is 5.02 Å². The van der Waals surface area contributed by atoms with Crippen LogP contribution in [0.5, 0.6) is 0 Å². The number of aliphatic carboxylic acids is 1. The number of hydrogen-bond acceptors (Lipinski definition) is 1. The van der Waals surface area contributed by atoms with Crippen LogP contribution in [0, 0.1) is 0 Å². The highest BCUT2D eigenvalue weighted by Crippen LogP contribution is 2.23. The number of fused-ring (bicyclic) bond motifs is 1. The van der Waals surface area contributed by atoms with E-state index in [-0.39, 0.29) is 6.42 Å². The maximum atomic E-state index is 10.5. The third-order valence-electron chi connectivity index (χ3n) is 2.54. The zero-order valence-corrected chi connectivity index (χ0v) is 9.37. The third kappa shape index (κ3) is 2.34. The van der Waals surface area contributed by atoms with Gasteiger partial charge in [-0.3, -0.25) is 4.79 Å². The van der Waals surface area contributed by atoms with Gasteiger partial charge in [0, 0.05) is 11.4 Å². The minimum Gasteiger partial charge on any atom is -0.481 e. The van der Waals surface area contributed by atoms with Gasteiger partial charge >= 0.3 is 5.97 Å². The molecule has 0 heterocycles. The lowest BCUT2D eigenvalue weighted by atomic mass is 10.0. The minimum atomic E-state index is -0.772. The fraction of sp³-hybridized carbons (Fsp3) is 0.154. The molecule has 0 aliphatic heterocycles. The van der Waals surface area contributed by atoms with E-state index in [1.54, 1.807) is 0 Å². The van der Waals surface area contributed by atoms with Gasteiger partial charge < -0.3 is 5.11 Å². The normalized spacial score (nSPS) is 10.6. The molecular formula is C13H11ClO2. The van der Waals surface area contributed by atoms with Crippen molar-refractivity contribution in [1.82, 2.24) is 0 Å². The molecule has 0 aliphatic carbocycles. The lowest BCUT2D eigenvalue weighted by Crippen LogP contribution is -1.97. The van der Waals surface area contributed by atoms with E-state index in [2.05, 4.69) is 0 Å². The predicted molar refractivity (Wildman–Crippen MR) is 64.9 cm³/mol. The highest BCUT2D eigenvalue weighted by atomic mass is 35.5. The van der Waals surface area contributed by atoms with Gasteiger partial charge in [0.15, 0.2) is 0 Å². The van der Waals surface area contributed by atoms with E-state index < -0.39 is 5.97 Å². The lowest BCUT2D eigenvalue weighted by Gasteiger charge is -2.05. The van der Waals surface area contributed by atoms with Gasteiger partial charge in [0.1, 0.15) is 0 Å². The summed E-state index contributed by atoms with van der Waals surface area (Å²) in [5.74, 6) is -0.772. The number of carboxylic acid groups (broad SMARTS) is 1. The zero-order chi connectivity index (χ0) is 11.5. The molecule has 0 aliphatic rings. The molecule has 1 N–H and O–H groups in total. The molecule has 2 nitrogen and oxygen atoms in total. The van der Waals surface area contributed by atoms with Crippen LogP contribution in [-0.4, -0.2) is 11.1 Å². The van der Waals surface area contributed by atoms with Crippen LogP contribution in [-0.2, 0) is 11.2 Å². The highest BCUT2D eigenvalue weighted by molar-refractivity contribution is 6.31. The van der Waals surface area contributed by atoms with Crippen LogP contribution in [0.25, 0.3) is 10.8 Å². The second kappa shape index (κ2) is 4.54. The van der Waals surface area contributed by atoms with Crippen LogP contribution < -0.4 is 0 Å². The van der Waals surface area contributed by atoms with Crippen molar-refractivity contribution in [1.29, 1.82) is 0 Å². The number of benzene rings is 2. The molecular weight excluding hydrogens is 224 g/mol. The molecule has 0 saturated carbocycles. The molecule has 2 aromatic rings. The van der Waals surface area contributed by atoms with Crippen molar-refractivity contribution >= 4 is 28.3 Å². The van der Waals surface area contributed by atoms with E-state index in [9.17, 15) is 4.79 Å². The summed E-state index contributed by atoms with van der Waals surface area (Å²) in [6.07, 6.45) is 0.704. The molecule has 0 bridgehead atoms. The summed E-state index contributed by atoms with van der Waals surface area (Å²) in [6.45, 7) is 0. The maximum Gasteiger partial charge on any atom is 0.303 e. The standard InChI is InChI=1S/C13H11ClO2/c14-11-5-6-12-9(4-7-13(15)16)2-1-3-10(12)8-11/h1-3,5-6,8H,4,7H2,(H,15,16). The summed E-state index contributed by atoms with van der Waals surface area (Å²) in [5, 5.41) is 11.5. The van der Waals surface area contributed by atoms with Gasteiger partial charge in [0.05, 0.1) is 0 Å². The van der Waals surface area contributed by atoms with Gasteiger partial charge in [-0.05, 0) is 34.9 Å². The van der Waals surface area contributed by atoms with Crippen molar-refractivity contribution < 1.29 is 9.90 Å².